The van der Waals surface area contributed by atoms with Gasteiger partial charge in [0.15, 0.2) is 6.10 Å². The summed E-state index contributed by atoms with van der Waals surface area (Å²) in [6.45, 7) is 6.56. The maximum atomic E-state index is 13.0. The first-order valence-electron chi connectivity index (χ1n) is 36.1. The standard InChI is InChI=1S/C77H136O6/c1-4-7-10-13-16-19-22-25-27-29-31-33-35-37-39-41-42-44-46-48-50-52-55-58-61-64-67-70-76(79)82-73-74(72-81-75(78)69-66-63-60-57-54-24-21-18-15-12-9-6-3)83-77(80)71-68-65-62-59-56-53-51-49-47-45-43-40-38-36-34-32-30-28-26-23-20-17-14-11-8-5-2/h7,10,16,19,25,27,31,33,37,39,42,44,48,50,74H,4-6,8-9,11-15,17-18,20-24,26,28-30,32,34-36,38,40-41,43,45-47,49,51-73H2,1-3H3/b10-7-,19-16-,27-25-,33-31-,39-37-,44-42-,50-48-. The Bertz CT molecular complexity index is 1570. The molecule has 480 valence electrons. The first-order chi connectivity index (χ1) is 41.0. The van der Waals surface area contributed by atoms with Crippen LogP contribution in [0.3, 0.4) is 0 Å². The first kappa shape index (κ1) is 79.6. The number of hydrogen-bond acceptors (Lipinski definition) is 6. The molecule has 1 unspecified atom stereocenters. The number of ether oxygens (including phenoxy) is 3. The van der Waals surface area contributed by atoms with Gasteiger partial charge in [-0.25, -0.2) is 0 Å². The van der Waals surface area contributed by atoms with Crippen LogP contribution in [-0.4, -0.2) is 37.2 Å². The summed E-state index contributed by atoms with van der Waals surface area (Å²) in [4.78, 5) is 38.4. The molecule has 0 amide bonds. The van der Waals surface area contributed by atoms with Gasteiger partial charge in [0.05, 0.1) is 0 Å². The molecular weight excluding hydrogens is 1020 g/mol. The number of carbonyl (C=O) groups is 3. The van der Waals surface area contributed by atoms with Gasteiger partial charge in [-0.1, -0.05) is 356 Å². The van der Waals surface area contributed by atoms with Crippen LogP contribution in [0.25, 0.3) is 0 Å². The van der Waals surface area contributed by atoms with Crippen molar-refractivity contribution in [1.29, 1.82) is 0 Å². The van der Waals surface area contributed by atoms with Crippen molar-refractivity contribution in [3.8, 4) is 0 Å². The summed E-state index contributed by atoms with van der Waals surface area (Å²) in [5.74, 6) is -0.877. The summed E-state index contributed by atoms with van der Waals surface area (Å²) in [5.41, 5.74) is 0. The Kier molecular flexibility index (Phi) is 68.2. The van der Waals surface area contributed by atoms with E-state index in [0.717, 1.165) is 122 Å². The number of unbranched alkanes of at least 4 members (excludes halogenated alkanes) is 41. The second-order valence-electron chi connectivity index (χ2n) is 24.1. The molecule has 0 radical (unpaired) electrons. The molecule has 0 N–H and O–H groups in total. The van der Waals surface area contributed by atoms with Gasteiger partial charge < -0.3 is 14.2 Å². The van der Waals surface area contributed by atoms with Gasteiger partial charge in [0.25, 0.3) is 0 Å². The van der Waals surface area contributed by atoms with Crippen molar-refractivity contribution >= 4 is 17.9 Å². The van der Waals surface area contributed by atoms with Crippen molar-refractivity contribution in [2.45, 2.75) is 374 Å². The summed E-state index contributed by atoms with van der Waals surface area (Å²) in [6.07, 6.45) is 94.8. The van der Waals surface area contributed by atoms with E-state index in [1.807, 2.05) is 0 Å². The van der Waals surface area contributed by atoms with Gasteiger partial charge in [-0.3, -0.25) is 14.4 Å². The predicted octanol–water partition coefficient (Wildman–Crippen LogP) is 25.0. The fourth-order valence-corrected chi connectivity index (χ4v) is 10.5. The molecule has 0 saturated heterocycles. The fourth-order valence-electron chi connectivity index (χ4n) is 10.5. The van der Waals surface area contributed by atoms with Gasteiger partial charge in [-0.15, -0.1) is 0 Å². The van der Waals surface area contributed by atoms with Crippen LogP contribution in [0, 0.1) is 0 Å². The highest BCUT2D eigenvalue weighted by Crippen LogP contribution is 2.18. The summed E-state index contributed by atoms with van der Waals surface area (Å²) >= 11 is 0. The molecule has 0 rings (SSSR count). The summed E-state index contributed by atoms with van der Waals surface area (Å²) in [7, 11) is 0. The maximum absolute atomic E-state index is 13.0. The Labute approximate surface area is 515 Å². The van der Waals surface area contributed by atoms with E-state index >= 15 is 0 Å². The van der Waals surface area contributed by atoms with E-state index in [1.54, 1.807) is 0 Å². The molecule has 0 aliphatic carbocycles. The molecule has 0 saturated carbocycles. The minimum Gasteiger partial charge on any atom is -0.462 e. The normalized spacial score (nSPS) is 12.6. The van der Waals surface area contributed by atoms with Crippen LogP contribution in [0.4, 0.5) is 0 Å². The second kappa shape index (κ2) is 71.1. The Morgan fingerprint density at radius 3 is 0.735 bits per heavy atom. The zero-order valence-electron chi connectivity index (χ0n) is 55.2. The minimum absolute atomic E-state index is 0.0779. The largest absolute Gasteiger partial charge is 0.462 e. The molecule has 0 fully saturated rings. The number of carbonyl (C=O) groups excluding carboxylic acids is 3. The smallest absolute Gasteiger partial charge is 0.306 e. The monoisotopic (exact) mass is 1160 g/mol. The first-order valence-corrected chi connectivity index (χ1v) is 36.1. The van der Waals surface area contributed by atoms with E-state index in [9.17, 15) is 14.4 Å². The Hall–Kier alpha value is -3.41. The predicted molar refractivity (Wildman–Crippen MR) is 362 cm³/mol. The quantitative estimate of drug-likeness (QED) is 0.0261. The van der Waals surface area contributed by atoms with Crippen molar-refractivity contribution in [1.82, 2.24) is 0 Å². The van der Waals surface area contributed by atoms with Gasteiger partial charge in [-0.05, 0) is 77.0 Å². The number of hydrogen-bond donors (Lipinski definition) is 0. The van der Waals surface area contributed by atoms with Crippen molar-refractivity contribution in [3.05, 3.63) is 85.1 Å². The average Bonchev–Trinajstić information content (AvgIpc) is 3.49. The summed E-state index contributed by atoms with van der Waals surface area (Å²) in [5, 5.41) is 0. The van der Waals surface area contributed by atoms with Crippen LogP contribution < -0.4 is 0 Å². The van der Waals surface area contributed by atoms with E-state index in [0.29, 0.717) is 19.3 Å². The highest BCUT2D eigenvalue weighted by molar-refractivity contribution is 5.71. The molecule has 0 aromatic rings. The molecule has 6 heteroatoms. The topological polar surface area (TPSA) is 78.9 Å². The molecule has 0 aliphatic heterocycles. The molecular formula is C77H136O6. The van der Waals surface area contributed by atoms with E-state index in [2.05, 4.69) is 106 Å². The van der Waals surface area contributed by atoms with Crippen molar-refractivity contribution in [3.63, 3.8) is 0 Å². The van der Waals surface area contributed by atoms with Crippen LogP contribution in [-0.2, 0) is 28.6 Å². The van der Waals surface area contributed by atoms with E-state index in [1.165, 1.54) is 205 Å². The molecule has 0 aromatic carbocycles. The van der Waals surface area contributed by atoms with E-state index < -0.39 is 6.10 Å². The lowest BCUT2D eigenvalue weighted by Crippen LogP contribution is -2.30. The summed E-state index contributed by atoms with van der Waals surface area (Å²) < 4.78 is 17.0. The third-order valence-electron chi connectivity index (χ3n) is 15.9. The van der Waals surface area contributed by atoms with Crippen molar-refractivity contribution in [2.24, 2.45) is 0 Å². The number of allylic oxidation sites excluding steroid dienone is 14. The number of rotatable bonds is 66. The van der Waals surface area contributed by atoms with Gasteiger partial charge in [0, 0.05) is 19.3 Å². The molecule has 83 heavy (non-hydrogen) atoms. The molecule has 6 nitrogen and oxygen atoms in total. The van der Waals surface area contributed by atoms with Gasteiger partial charge in [0.2, 0.25) is 0 Å². The average molecular weight is 1160 g/mol. The van der Waals surface area contributed by atoms with Crippen LogP contribution in [0.15, 0.2) is 85.1 Å². The number of esters is 3. The van der Waals surface area contributed by atoms with Gasteiger partial charge in [0.1, 0.15) is 13.2 Å². The lowest BCUT2D eigenvalue weighted by atomic mass is 10.0. The van der Waals surface area contributed by atoms with E-state index in [4.69, 9.17) is 14.2 Å². The zero-order valence-corrected chi connectivity index (χ0v) is 55.2. The van der Waals surface area contributed by atoms with Gasteiger partial charge in [-0.2, -0.15) is 0 Å². The van der Waals surface area contributed by atoms with Crippen molar-refractivity contribution in [2.75, 3.05) is 13.2 Å². The van der Waals surface area contributed by atoms with Gasteiger partial charge >= 0.3 is 17.9 Å². The molecule has 0 bridgehead atoms. The Morgan fingerprint density at radius 2 is 0.470 bits per heavy atom. The fraction of sp³-hybridized carbons (Fsp3) is 0.779. The minimum atomic E-state index is -0.783. The lowest BCUT2D eigenvalue weighted by Gasteiger charge is -2.18. The SMILES string of the molecule is CC/C=C\C/C=C\C/C=C\C/C=C\C/C=C\C/C=C\C/C=C\CCCCCCCC(=O)OCC(COC(=O)CCCCCCCCCCCCCC)OC(=O)CCCCCCCCCCCCCCCCCCCCCCCCCCCC. The molecule has 0 aromatic heterocycles. The third-order valence-corrected chi connectivity index (χ3v) is 15.9. The highest BCUT2D eigenvalue weighted by atomic mass is 16.6. The van der Waals surface area contributed by atoms with Crippen LogP contribution in [0.5, 0.6) is 0 Å². The van der Waals surface area contributed by atoms with Crippen molar-refractivity contribution < 1.29 is 28.6 Å². The molecule has 1 atom stereocenters. The molecule has 0 spiro atoms. The van der Waals surface area contributed by atoms with Crippen LogP contribution in [0.2, 0.25) is 0 Å². The second-order valence-corrected chi connectivity index (χ2v) is 24.1. The van der Waals surface area contributed by atoms with Crippen LogP contribution in [0.1, 0.15) is 367 Å². The van der Waals surface area contributed by atoms with E-state index in [-0.39, 0.29) is 31.1 Å². The highest BCUT2D eigenvalue weighted by Gasteiger charge is 2.19. The molecule has 0 heterocycles. The Balaban J connectivity index is 4.28. The summed E-state index contributed by atoms with van der Waals surface area (Å²) in [6, 6.07) is 0. The third kappa shape index (κ3) is 69.3. The maximum Gasteiger partial charge on any atom is 0.306 e. The Morgan fingerprint density at radius 1 is 0.253 bits per heavy atom. The zero-order chi connectivity index (χ0) is 59.9. The molecule has 0 aliphatic rings. The van der Waals surface area contributed by atoms with Crippen LogP contribution >= 0.6 is 0 Å². The lowest BCUT2D eigenvalue weighted by molar-refractivity contribution is -0.167.